The van der Waals surface area contributed by atoms with Crippen molar-refractivity contribution < 1.29 is 0 Å². The average Bonchev–Trinajstić information content (AvgIpc) is 2.96. The Morgan fingerprint density at radius 1 is 1.08 bits per heavy atom. The van der Waals surface area contributed by atoms with Crippen LogP contribution in [0.3, 0.4) is 0 Å². The highest BCUT2D eigenvalue weighted by molar-refractivity contribution is 7.80. The van der Waals surface area contributed by atoms with Gasteiger partial charge in [0, 0.05) is 11.9 Å². The van der Waals surface area contributed by atoms with Gasteiger partial charge < -0.3 is 10.6 Å². The van der Waals surface area contributed by atoms with E-state index in [9.17, 15) is 0 Å². The Morgan fingerprint density at radius 2 is 1.79 bits per heavy atom. The van der Waals surface area contributed by atoms with E-state index in [0.717, 1.165) is 16.7 Å². The maximum absolute atomic E-state index is 5.37. The Bertz CT molecular complexity index is 844. The average molecular weight is 338 g/mol. The summed E-state index contributed by atoms with van der Waals surface area (Å²) in [5, 5.41) is 15.2. The Kier molecular flexibility index (Phi) is 4.53. The first kappa shape index (κ1) is 16.5. The van der Waals surface area contributed by atoms with Crippen molar-refractivity contribution in [3.8, 4) is 0 Å². The van der Waals surface area contributed by atoms with Gasteiger partial charge in [-0.2, -0.15) is 5.10 Å². The molecule has 0 spiro atoms. The zero-order valence-corrected chi connectivity index (χ0v) is 15.0. The van der Waals surface area contributed by atoms with E-state index in [1.165, 1.54) is 11.1 Å². The lowest BCUT2D eigenvalue weighted by Crippen LogP contribution is -2.28. The zero-order chi connectivity index (χ0) is 17.2. The number of benzene rings is 2. The van der Waals surface area contributed by atoms with Gasteiger partial charge in [0.2, 0.25) is 0 Å². The van der Waals surface area contributed by atoms with E-state index in [1.54, 1.807) is 0 Å². The van der Waals surface area contributed by atoms with Crippen LogP contribution in [0.5, 0.6) is 0 Å². The fourth-order valence-corrected chi connectivity index (χ4v) is 2.68. The van der Waals surface area contributed by atoms with Gasteiger partial charge in [-0.25, -0.2) is 0 Å². The van der Waals surface area contributed by atoms with Gasteiger partial charge in [-0.1, -0.05) is 57.2 Å². The zero-order valence-electron chi connectivity index (χ0n) is 14.2. The first-order valence-corrected chi connectivity index (χ1v) is 8.42. The third-order valence-corrected chi connectivity index (χ3v) is 4.22. The molecule has 1 aromatic heterocycles. The molecule has 0 saturated heterocycles. The number of fused-ring (bicyclic) bond motifs is 1. The topological polar surface area (TPSA) is 52.7 Å². The largest absolute Gasteiger partial charge is 0.358 e. The minimum atomic E-state index is 0.170. The van der Waals surface area contributed by atoms with Gasteiger partial charge >= 0.3 is 0 Å². The van der Waals surface area contributed by atoms with Crippen LogP contribution in [0.15, 0.2) is 48.5 Å². The van der Waals surface area contributed by atoms with E-state index in [2.05, 4.69) is 65.9 Å². The second kappa shape index (κ2) is 6.61. The minimum absolute atomic E-state index is 0.170. The molecule has 0 aliphatic carbocycles. The number of aromatic amines is 1. The number of nitrogens with zero attached hydrogens (tertiary/aromatic N) is 1. The second-order valence-electron chi connectivity index (χ2n) is 6.87. The van der Waals surface area contributed by atoms with Crippen LogP contribution in [0.2, 0.25) is 0 Å². The molecular weight excluding hydrogens is 316 g/mol. The van der Waals surface area contributed by atoms with Gasteiger partial charge in [-0.15, -0.1) is 0 Å². The van der Waals surface area contributed by atoms with Crippen molar-refractivity contribution >= 4 is 34.1 Å². The number of hydrogen-bond acceptors (Lipinski definition) is 2. The molecule has 3 N–H and O–H groups in total. The standard InChI is InChI=1S/C19H22N4S/c1-19(2,3)14-10-8-13(9-11-14)12-20-18(24)21-17-15-6-4-5-7-16(15)22-23-17/h4-11H,12H2,1-3H3,(H3,20,21,22,23,24). The lowest BCUT2D eigenvalue weighted by atomic mass is 9.87. The van der Waals surface area contributed by atoms with Crippen molar-refractivity contribution in [1.82, 2.24) is 15.5 Å². The van der Waals surface area contributed by atoms with Gasteiger partial charge in [0.15, 0.2) is 10.9 Å². The minimum Gasteiger partial charge on any atom is -0.358 e. The van der Waals surface area contributed by atoms with E-state index in [-0.39, 0.29) is 5.41 Å². The molecule has 1 heterocycles. The van der Waals surface area contributed by atoms with Gasteiger partial charge in [-0.05, 0) is 40.9 Å². The van der Waals surface area contributed by atoms with Crippen molar-refractivity contribution in [3.05, 3.63) is 59.7 Å². The molecule has 5 heteroatoms. The highest BCUT2D eigenvalue weighted by Crippen LogP contribution is 2.22. The van der Waals surface area contributed by atoms with Crippen molar-refractivity contribution in [2.45, 2.75) is 32.7 Å². The van der Waals surface area contributed by atoms with E-state index >= 15 is 0 Å². The number of hydrogen-bond donors (Lipinski definition) is 3. The van der Waals surface area contributed by atoms with Crippen LogP contribution in [0.1, 0.15) is 31.9 Å². The predicted molar refractivity (Wildman–Crippen MR) is 104 cm³/mol. The molecule has 0 fully saturated rings. The summed E-state index contributed by atoms with van der Waals surface area (Å²) < 4.78 is 0. The maximum atomic E-state index is 5.37. The molecule has 0 radical (unpaired) electrons. The van der Waals surface area contributed by atoms with Crippen LogP contribution in [0, 0.1) is 0 Å². The molecule has 24 heavy (non-hydrogen) atoms. The quantitative estimate of drug-likeness (QED) is 0.622. The van der Waals surface area contributed by atoms with Crippen molar-refractivity contribution in [2.75, 3.05) is 5.32 Å². The Balaban J connectivity index is 1.59. The van der Waals surface area contributed by atoms with Crippen molar-refractivity contribution in [3.63, 3.8) is 0 Å². The van der Waals surface area contributed by atoms with Crippen LogP contribution in [-0.2, 0) is 12.0 Å². The summed E-state index contributed by atoms with van der Waals surface area (Å²) in [6.45, 7) is 7.33. The molecule has 0 amide bonds. The van der Waals surface area contributed by atoms with Crippen LogP contribution < -0.4 is 10.6 Å². The van der Waals surface area contributed by atoms with Crippen LogP contribution in [0.25, 0.3) is 10.9 Å². The van der Waals surface area contributed by atoms with Crippen LogP contribution in [0.4, 0.5) is 5.82 Å². The summed E-state index contributed by atoms with van der Waals surface area (Å²) >= 11 is 5.37. The SMILES string of the molecule is CC(C)(C)c1ccc(CNC(=S)Nc2n[nH]c3ccccc23)cc1. The number of rotatable bonds is 3. The first-order valence-electron chi connectivity index (χ1n) is 8.01. The Labute approximate surface area is 147 Å². The molecule has 0 atom stereocenters. The number of anilines is 1. The first-order chi connectivity index (χ1) is 11.4. The monoisotopic (exact) mass is 338 g/mol. The van der Waals surface area contributed by atoms with E-state index < -0.39 is 0 Å². The molecule has 124 valence electrons. The van der Waals surface area contributed by atoms with Crippen LogP contribution >= 0.6 is 12.2 Å². The normalized spacial score (nSPS) is 11.5. The van der Waals surface area contributed by atoms with Crippen molar-refractivity contribution in [2.24, 2.45) is 0 Å². The predicted octanol–water partition coefficient (Wildman–Crippen LogP) is 4.35. The van der Waals surface area contributed by atoms with Crippen molar-refractivity contribution in [1.29, 1.82) is 0 Å². The molecular formula is C19H22N4S. The molecule has 2 aromatic carbocycles. The molecule has 0 aliphatic rings. The highest BCUT2D eigenvalue weighted by atomic mass is 32.1. The number of H-pyrrole nitrogens is 1. The molecule has 0 saturated carbocycles. The molecule has 0 bridgehead atoms. The van der Waals surface area contributed by atoms with Gasteiger partial charge in [-0.3, -0.25) is 5.10 Å². The Morgan fingerprint density at radius 3 is 2.50 bits per heavy atom. The van der Waals surface area contributed by atoms with E-state index in [4.69, 9.17) is 12.2 Å². The number of para-hydroxylation sites is 1. The molecule has 0 unspecified atom stereocenters. The summed E-state index contributed by atoms with van der Waals surface area (Å²) in [5.41, 5.74) is 3.68. The van der Waals surface area contributed by atoms with E-state index in [0.29, 0.717) is 11.7 Å². The van der Waals surface area contributed by atoms with E-state index in [1.807, 2.05) is 24.3 Å². The lowest BCUT2D eigenvalue weighted by Gasteiger charge is -2.19. The number of nitrogens with one attached hydrogen (secondary N) is 3. The summed E-state index contributed by atoms with van der Waals surface area (Å²) in [4.78, 5) is 0. The fraction of sp³-hybridized carbons (Fsp3) is 0.263. The number of thiocarbonyl (C=S) groups is 1. The smallest absolute Gasteiger partial charge is 0.172 e. The van der Waals surface area contributed by atoms with Gasteiger partial charge in [0.05, 0.1) is 5.52 Å². The van der Waals surface area contributed by atoms with Gasteiger partial charge in [0.25, 0.3) is 0 Å². The molecule has 0 aliphatic heterocycles. The lowest BCUT2D eigenvalue weighted by molar-refractivity contribution is 0.590. The van der Waals surface area contributed by atoms with Gasteiger partial charge in [0.1, 0.15) is 0 Å². The third-order valence-electron chi connectivity index (χ3n) is 3.98. The fourth-order valence-electron chi connectivity index (χ4n) is 2.52. The summed E-state index contributed by atoms with van der Waals surface area (Å²) in [6, 6.07) is 16.6. The number of aromatic nitrogens is 2. The summed E-state index contributed by atoms with van der Waals surface area (Å²) in [6.07, 6.45) is 0. The maximum Gasteiger partial charge on any atom is 0.172 e. The third kappa shape index (κ3) is 3.74. The summed E-state index contributed by atoms with van der Waals surface area (Å²) in [5.74, 6) is 0.742. The molecule has 3 rings (SSSR count). The molecule has 3 aromatic rings. The van der Waals surface area contributed by atoms with Crippen LogP contribution in [-0.4, -0.2) is 15.3 Å². The Hall–Kier alpha value is -2.40. The molecule has 4 nitrogen and oxygen atoms in total. The summed E-state index contributed by atoms with van der Waals surface area (Å²) in [7, 11) is 0. The second-order valence-corrected chi connectivity index (χ2v) is 7.28. The highest BCUT2D eigenvalue weighted by Gasteiger charge is 2.12.